The minimum atomic E-state index is 0.364. The van der Waals surface area contributed by atoms with E-state index < -0.39 is 0 Å². The summed E-state index contributed by atoms with van der Waals surface area (Å²) in [7, 11) is 0. The molecule has 0 aromatic heterocycles. The smallest absolute Gasteiger partial charge is 0.123 e. The minimum Gasteiger partial charge on any atom is -0.303 e. The molecule has 1 heteroatoms. The molecule has 0 aliphatic heterocycles. The highest BCUT2D eigenvalue weighted by molar-refractivity contribution is 5.53. The lowest BCUT2D eigenvalue weighted by Crippen LogP contribution is -2.02. The molecule has 1 fully saturated rings. The van der Waals surface area contributed by atoms with Gasteiger partial charge in [0.25, 0.3) is 0 Å². The predicted molar refractivity (Wildman–Crippen MR) is 69.6 cm³/mol. The van der Waals surface area contributed by atoms with E-state index >= 15 is 0 Å². The zero-order valence-corrected chi connectivity index (χ0v) is 10.8. The highest BCUT2D eigenvalue weighted by Crippen LogP contribution is 2.19. The molecule has 0 aromatic rings. The van der Waals surface area contributed by atoms with Gasteiger partial charge in [-0.1, -0.05) is 70.6 Å². The highest BCUT2D eigenvalue weighted by atomic mass is 16.1. The van der Waals surface area contributed by atoms with Crippen LogP contribution >= 0.6 is 0 Å². The summed E-state index contributed by atoms with van der Waals surface area (Å²) in [6, 6.07) is 0. The molecule has 1 saturated carbocycles. The molecular formula is C15H28O. The van der Waals surface area contributed by atoms with Gasteiger partial charge < -0.3 is 4.79 Å². The highest BCUT2D eigenvalue weighted by Gasteiger charge is 2.07. The van der Waals surface area contributed by atoms with Crippen LogP contribution in [0.2, 0.25) is 0 Å². The normalized spacial score (nSPS) is 23.5. The van der Waals surface area contributed by atoms with Crippen molar-refractivity contribution in [2.24, 2.45) is 5.92 Å². The van der Waals surface area contributed by atoms with Gasteiger partial charge in [0.05, 0.1) is 0 Å². The summed E-state index contributed by atoms with van der Waals surface area (Å²) >= 11 is 0. The number of carbonyl (C=O) groups is 1. The molecule has 0 atom stereocenters. The molecule has 94 valence electrons. The topological polar surface area (TPSA) is 17.1 Å². The van der Waals surface area contributed by atoms with Crippen LogP contribution in [0.25, 0.3) is 0 Å². The van der Waals surface area contributed by atoms with E-state index in [2.05, 4.69) is 0 Å². The number of carbonyl (C=O) groups excluding carboxylic acids is 1. The van der Waals surface area contributed by atoms with E-state index in [1.165, 1.54) is 76.9 Å². The first-order valence-corrected chi connectivity index (χ1v) is 7.39. The summed E-state index contributed by atoms with van der Waals surface area (Å²) < 4.78 is 0. The predicted octanol–water partition coefficient (Wildman–Crippen LogP) is 4.89. The van der Waals surface area contributed by atoms with Gasteiger partial charge in [0, 0.05) is 5.92 Å². The molecule has 0 radical (unpaired) electrons. The molecule has 0 aromatic carbocycles. The number of rotatable bonds is 1. The molecule has 0 N–H and O–H groups in total. The standard InChI is InChI=1S/C15H28O/c16-14-15-12-10-8-6-4-2-1-3-5-7-9-11-13-15/h14-15H,1-13H2. The Bertz CT molecular complexity index is 151. The van der Waals surface area contributed by atoms with E-state index in [4.69, 9.17) is 0 Å². The van der Waals surface area contributed by atoms with Crippen molar-refractivity contribution in [3.8, 4) is 0 Å². The van der Waals surface area contributed by atoms with Crippen molar-refractivity contribution in [3.05, 3.63) is 0 Å². The van der Waals surface area contributed by atoms with Crippen LogP contribution in [0.5, 0.6) is 0 Å². The van der Waals surface area contributed by atoms with E-state index in [0.29, 0.717) is 5.92 Å². The van der Waals surface area contributed by atoms with Crippen LogP contribution in [0.1, 0.15) is 83.5 Å². The maximum absolute atomic E-state index is 10.9. The van der Waals surface area contributed by atoms with Crippen molar-refractivity contribution in [2.75, 3.05) is 0 Å². The summed E-state index contributed by atoms with van der Waals surface area (Å²) in [5, 5.41) is 0. The average Bonchev–Trinajstić information content (AvgIpc) is 2.32. The zero-order chi connectivity index (χ0) is 11.5. The summed E-state index contributed by atoms with van der Waals surface area (Å²) in [4.78, 5) is 10.9. The Kier molecular flexibility index (Phi) is 8.47. The van der Waals surface area contributed by atoms with Gasteiger partial charge >= 0.3 is 0 Å². The molecule has 1 aliphatic carbocycles. The second-order valence-corrected chi connectivity index (χ2v) is 5.36. The van der Waals surface area contributed by atoms with Crippen LogP contribution < -0.4 is 0 Å². The van der Waals surface area contributed by atoms with Gasteiger partial charge in [-0.3, -0.25) is 0 Å². The Morgan fingerprint density at radius 3 is 1.19 bits per heavy atom. The van der Waals surface area contributed by atoms with Crippen LogP contribution in [0, 0.1) is 5.92 Å². The first kappa shape index (κ1) is 13.7. The average molecular weight is 224 g/mol. The van der Waals surface area contributed by atoms with Crippen molar-refractivity contribution in [3.63, 3.8) is 0 Å². The second-order valence-electron chi connectivity index (χ2n) is 5.36. The van der Waals surface area contributed by atoms with Crippen molar-refractivity contribution >= 4 is 6.29 Å². The van der Waals surface area contributed by atoms with Crippen LogP contribution in [0.4, 0.5) is 0 Å². The Labute approximate surface area is 101 Å². The van der Waals surface area contributed by atoms with Gasteiger partial charge in [-0.05, 0) is 12.8 Å². The Balaban J connectivity index is 2.18. The maximum Gasteiger partial charge on any atom is 0.123 e. The van der Waals surface area contributed by atoms with Gasteiger partial charge in [0.15, 0.2) is 0 Å². The molecule has 16 heavy (non-hydrogen) atoms. The van der Waals surface area contributed by atoms with Crippen molar-refractivity contribution in [2.45, 2.75) is 83.5 Å². The Morgan fingerprint density at radius 2 is 0.875 bits per heavy atom. The SMILES string of the molecule is O=CC1CCCCCCCCCCCCC1. The summed E-state index contributed by atoms with van der Waals surface area (Å²) in [6.07, 6.45) is 18.6. The molecular weight excluding hydrogens is 196 g/mol. The molecule has 1 rings (SSSR count). The van der Waals surface area contributed by atoms with E-state index in [1.807, 2.05) is 0 Å². The summed E-state index contributed by atoms with van der Waals surface area (Å²) in [5.41, 5.74) is 0. The van der Waals surface area contributed by atoms with Crippen LogP contribution in [0.3, 0.4) is 0 Å². The third-order valence-electron chi connectivity index (χ3n) is 3.84. The number of hydrogen-bond donors (Lipinski definition) is 0. The fraction of sp³-hybridized carbons (Fsp3) is 0.933. The lowest BCUT2D eigenvalue weighted by Gasteiger charge is -2.11. The van der Waals surface area contributed by atoms with E-state index in [9.17, 15) is 4.79 Å². The fourth-order valence-electron chi connectivity index (χ4n) is 2.68. The lowest BCUT2D eigenvalue weighted by molar-refractivity contribution is -0.111. The molecule has 0 heterocycles. The quantitative estimate of drug-likeness (QED) is 0.580. The van der Waals surface area contributed by atoms with Gasteiger partial charge in [-0.2, -0.15) is 0 Å². The molecule has 0 amide bonds. The third-order valence-corrected chi connectivity index (χ3v) is 3.84. The van der Waals surface area contributed by atoms with Gasteiger partial charge in [-0.25, -0.2) is 0 Å². The molecule has 0 bridgehead atoms. The van der Waals surface area contributed by atoms with E-state index in [0.717, 1.165) is 12.8 Å². The van der Waals surface area contributed by atoms with Crippen molar-refractivity contribution in [1.29, 1.82) is 0 Å². The summed E-state index contributed by atoms with van der Waals surface area (Å²) in [5.74, 6) is 0.364. The van der Waals surface area contributed by atoms with Gasteiger partial charge in [0.1, 0.15) is 6.29 Å². The number of hydrogen-bond acceptors (Lipinski definition) is 1. The monoisotopic (exact) mass is 224 g/mol. The number of aldehydes is 1. The first-order chi connectivity index (χ1) is 7.93. The Hall–Kier alpha value is -0.330. The largest absolute Gasteiger partial charge is 0.303 e. The van der Waals surface area contributed by atoms with Gasteiger partial charge in [-0.15, -0.1) is 0 Å². The Morgan fingerprint density at radius 1 is 0.562 bits per heavy atom. The molecule has 0 spiro atoms. The van der Waals surface area contributed by atoms with Crippen LogP contribution in [0.15, 0.2) is 0 Å². The maximum atomic E-state index is 10.9. The molecule has 0 saturated heterocycles. The van der Waals surface area contributed by atoms with Gasteiger partial charge in [0.2, 0.25) is 0 Å². The summed E-state index contributed by atoms with van der Waals surface area (Å²) in [6.45, 7) is 0. The van der Waals surface area contributed by atoms with Crippen LogP contribution in [-0.2, 0) is 4.79 Å². The third kappa shape index (κ3) is 7.03. The fourth-order valence-corrected chi connectivity index (χ4v) is 2.68. The molecule has 1 nitrogen and oxygen atoms in total. The molecule has 1 aliphatic rings. The second kappa shape index (κ2) is 9.86. The molecule has 0 unspecified atom stereocenters. The lowest BCUT2D eigenvalue weighted by atomic mass is 9.94. The van der Waals surface area contributed by atoms with Crippen molar-refractivity contribution in [1.82, 2.24) is 0 Å². The van der Waals surface area contributed by atoms with Crippen LogP contribution in [-0.4, -0.2) is 6.29 Å². The zero-order valence-electron chi connectivity index (χ0n) is 10.8. The van der Waals surface area contributed by atoms with E-state index in [1.54, 1.807) is 0 Å². The van der Waals surface area contributed by atoms with Crippen molar-refractivity contribution < 1.29 is 4.79 Å². The van der Waals surface area contributed by atoms with E-state index in [-0.39, 0.29) is 0 Å². The first-order valence-electron chi connectivity index (χ1n) is 7.39. The minimum absolute atomic E-state index is 0.364.